The van der Waals surface area contributed by atoms with Crippen LogP contribution in [-0.2, 0) is 0 Å². The second-order valence-electron chi connectivity index (χ2n) is 4.81. The van der Waals surface area contributed by atoms with Crippen molar-refractivity contribution in [2.24, 2.45) is 5.92 Å². The van der Waals surface area contributed by atoms with Crippen molar-refractivity contribution in [3.8, 4) is 0 Å². The Labute approximate surface area is 98.2 Å². The fourth-order valence-electron chi connectivity index (χ4n) is 2.56. The molecule has 2 heterocycles. The Bertz CT molecular complexity index is 161. The van der Waals surface area contributed by atoms with E-state index < -0.39 is 0 Å². The zero-order valence-corrected chi connectivity index (χ0v) is 10.5. The molecule has 88 valence electrons. The molecule has 1 unspecified atom stereocenters. The average molecular weight is 228 g/mol. The summed E-state index contributed by atoms with van der Waals surface area (Å²) >= 11 is 2.13. The molecule has 15 heavy (non-hydrogen) atoms. The molecule has 0 saturated carbocycles. The summed E-state index contributed by atoms with van der Waals surface area (Å²) in [7, 11) is 0. The van der Waals surface area contributed by atoms with E-state index in [9.17, 15) is 0 Å². The van der Waals surface area contributed by atoms with Gasteiger partial charge in [0.25, 0.3) is 0 Å². The Morgan fingerprint density at radius 1 is 1.20 bits per heavy atom. The van der Waals surface area contributed by atoms with Gasteiger partial charge in [0.2, 0.25) is 0 Å². The van der Waals surface area contributed by atoms with Crippen molar-refractivity contribution in [3.05, 3.63) is 0 Å². The van der Waals surface area contributed by atoms with Crippen molar-refractivity contribution in [1.82, 2.24) is 10.2 Å². The van der Waals surface area contributed by atoms with Crippen molar-refractivity contribution < 1.29 is 0 Å². The molecule has 2 rings (SSSR count). The predicted molar refractivity (Wildman–Crippen MR) is 68.6 cm³/mol. The smallest absolute Gasteiger partial charge is 0.00723 e. The lowest BCUT2D eigenvalue weighted by Crippen LogP contribution is -2.34. The SMILES string of the molecule is C1CNCC(CCN2CCCSCC2)C1. The van der Waals surface area contributed by atoms with Crippen molar-refractivity contribution in [1.29, 1.82) is 0 Å². The molecule has 3 heteroatoms. The van der Waals surface area contributed by atoms with Gasteiger partial charge in [0.15, 0.2) is 0 Å². The van der Waals surface area contributed by atoms with Crippen LogP contribution in [-0.4, -0.2) is 49.1 Å². The van der Waals surface area contributed by atoms with Gasteiger partial charge in [0, 0.05) is 12.3 Å². The molecule has 1 atom stereocenters. The molecule has 0 aromatic rings. The Kier molecular flexibility index (Phi) is 5.30. The van der Waals surface area contributed by atoms with Crippen LogP contribution in [0.25, 0.3) is 0 Å². The standard InChI is InChI=1S/C12H24N2S/c1-3-12(11-13-5-1)4-7-14-6-2-9-15-10-8-14/h12-13H,1-11H2. The molecule has 2 saturated heterocycles. The van der Waals surface area contributed by atoms with Gasteiger partial charge >= 0.3 is 0 Å². The van der Waals surface area contributed by atoms with Crippen LogP contribution in [0.2, 0.25) is 0 Å². The average Bonchev–Trinajstić information content (AvgIpc) is 2.56. The van der Waals surface area contributed by atoms with Crippen LogP contribution in [0, 0.1) is 5.92 Å². The van der Waals surface area contributed by atoms with E-state index in [1.54, 1.807) is 0 Å². The maximum absolute atomic E-state index is 3.51. The van der Waals surface area contributed by atoms with Gasteiger partial charge in [0.1, 0.15) is 0 Å². The molecule has 0 spiro atoms. The number of hydrogen-bond donors (Lipinski definition) is 1. The molecular weight excluding hydrogens is 204 g/mol. The summed E-state index contributed by atoms with van der Waals surface area (Å²) in [6, 6.07) is 0. The van der Waals surface area contributed by atoms with Gasteiger partial charge in [-0.1, -0.05) is 0 Å². The molecule has 0 bridgehead atoms. The predicted octanol–water partition coefficient (Wildman–Crippen LogP) is 1.81. The minimum Gasteiger partial charge on any atom is -0.316 e. The van der Waals surface area contributed by atoms with E-state index in [1.807, 2.05) is 0 Å². The maximum Gasteiger partial charge on any atom is 0.00723 e. The Hall–Kier alpha value is 0.270. The summed E-state index contributed by atoms with van der Waals surface area (Å²) in [5, 5.41) is 3.51. The zero-order valence-electron chi connectivity index (χ0n) is 9.71. The summed E-state index contributed by atoms with van der Waals surface area (Å²) in [6.45, 7) is 6.52. The van der Waals surface area contributed by atoms with Crippen LogP contribution >= 0.6 is 11.8 Å². The van der Waals surface area contributed by atoms with Gasteiger partial charge in [-0.2, -0.15) is 11.8 Å². The first-order chi connectivity index (χ1) is 7.45. The van der Waals surface area contributed by atoms with Gasteiger partial charge in [0.05, 0.1) is 0 Å². The molecule has 0 aromatic heterocycles. The Morgan fingerprint density at radius 2 is 2.20 bits per heavy atom. The highest BCUT2D eigenvalue weighted by Crippen LogP contribution is 2.16. The maximum atomic E-state index is 3.51. The molecule has 2 aliphatic heterocycles. The minimum atomic E-state index is 0.953. The van der Waals surface area contributed by atoms with Crippen molar-refractivity contribution >= 4 is 11.8 Å². The second kappa shape index (κ2) is 6.77. The third-order valence-electron chi connectivity index (χ3n) is 3.57. The van der Waals surface area contributed by atoms with E-state index >= 15 is 0 Å². The van der Waals surface area contributed by atoms with Crippen molar-refractivity contribution in [2.75, 3.05) is 44.2 Å². The van der Waals surface area contributed by atoms with Gasteiger partial charge in [-0.25, -0.2) is 0 Å². The van der Waals surface area contributed by atoms with Crippen LogP contribution in [0.3, 0.4) is 0 Å². The molecule has 0 radical (unpaired) electrons. The van der Waals surface area contributed by atoms with E-state index in [0.29, 0.717) is 0 Å². The van der Waals surface area contributed by atoms with Crippen LogP contribution in [0.5, 0.6) is 0 Å². The van der Waals surface area contributed by atoms with Gasteiger partial charge in [-0.05, 0) is 63.5 Å². The zero-order chi connectivity index (χ0) is 10.3. The highest BCUT2D eigenvalue weighted by atomic mass is 32.2. The Morgan fingerprint density at radius 3 is 3.07 bits per heavy atom. The summed E-state index contributed by atoms with van der Waals surface area (Å²) in [6.07, 6.45) is 5.65. The first kappa shape index (κ1) is 11.7. The quantitative estimate of drug-likeness (QED) is 0.793. The van der Waals surface area contributed by atoms with Crippen LogP contribution < -0.4 is 5.32 Å². The first-order valence-electron chi connectivity index (χ1n) is 6.46. The molecule has 0 aliphatic carbocycles. The number of nitrogens with zero attached hydrogens (tertiary/aromatic N) is 1. The number of piperidine rings is 1. The van der Waals surface area contributed by atoms with Gasteiger partial charge in [-0.3, -0.25) is 0 Å². The molecule has 2 fully saturated rings. The minimum absolute atomic E-state index is 0.953. The lowest BCUT2D eigenvalue weighted by molar-refractivity contribution is 0.250. The van der Waals surface area contributed by atoms with Crippen LogP contribution in [0.15, 0.2) is 0 Å². The fraction of sp³-hybridized carbons (Fsp3) is 1.00. The third-order valence-corrected chi connectivity index (χ3v) is 4.62. The van der Waals surface area contributed by atoms with Gasteiger partial charge < -0.3 is 10.2 Å². The van der Waals surface area contributed by atoms with Crippen molar-refractivity contribution in [2.45, 2.75) is 25.7 Å². The monoisotopic (exact) mass is 228 g/mol. The highest BCUT2D eigenvalue weighted by Gasteiger charge is 2.15. The number of hydrogen-bond acceptors (Lipinski definition) is 3. The van der Waals surface area contributed by atoms with E-state index in [1.165, 1.54) is 69.9 Å². The van der Waals surface area contributed by atoms with E-state index in [0.717, 1.165) is 5.92 Å². The van der Waals surface area contributed by atoms with E-state index in [2.05, 4.69) is 22.0 Å². The summed E-state index contributed by atoms with van der Waals surface area (Å²) in [5.74, 6) is 3.68. The molecule has 2 aliphatic rings. The second-order valence-corrected chi connectivity index (χ2v) is 6.03. The Balaban J connectivity index is 1.62. The van der Waals surface area contributed by atoms with E-state index in [-0.39, 0.29) is 0 Å². The molecule has 1 N–H and O–H groups in total. The van der Waals surface area contributed by atoms with Gasteiger partial charge in [-0.15, -0.1) is 0 Å². The molecule has 0 aromatic carbocycles. The summed E-state index contributed by atoms with van der Waals surface area (Å²) in [4.78, 5) is 2.68. The number of rotatable bonds is 3. The molecular formula is C12H24N2S. The third kappa shape index (κ3) is 4.33. The highest BCUT2D eigenvalue weighted by molar-refractivity contribution is 7.99. The molecule has 2 nitrogen and oxygen atoms in total. The van der Waals surface area contributed by atoms with Crippen LogP contribution in [0.1, 0.15) is 25.7 Å². The number of thioether (sulfide) groups is 1. The van der Waals surface area contributed by atoms with Crippen molar-refractivity contribution in [3.63, 3.8) is 0 Å². The first-order valence-corrected chi connectivity index (χ1v) is 7.61. The van der Waals surface area contributed by atoms with Crippen LogP contribution in [0.4, 0.5) is 0 Å². The lowest BCUT2D eigenvalue weighted by Gasteiger charge is -2.26. The number of nitrogens with one attached hydrogen (secondary N) is 1. The largest absolute Gasteiger partial charge is 0.316 e. The summed E-state index contributed by atoms with van der Waals surface area (Å²) < 4.78 is 0. The van der Waals surface area contributed by atoms with E-state index in [4.69, 9.17) is 0 Å². The lowest BCUT2D eigenvalue weighted by atomic mass is 9.96. The normalized spacial score (nSPS) is 30.0. The molecule has 0 amide bonds. The summed E-state index contributed by atoms with van der Waals surface area (Å²) in [5.41, 5.74) is 0. The topological polar surface area (TPSA) is 15.3 Å². The fourth-order valence-corrected chi connectivity index (χ4v) is 3.48.